The summed E-state index contributed by atoms with van der Waals surface area (Å²) in [6, 6.07) is 3.89. The van der Waals surface area contributed by atoms with E-state index in [0.717, 1.165) is 13.0 Å². The lowest BCUT2D eigenvalue weighted by atomic mass is 10.2. The zero-order valence-electron chi connectivity index (χ0n) is 8.61. The van der Waals surface area contributed by atoms with Crippen LogP contribution in [-0.2, 0) is 0 Å². The number of aryl methyl sites for hydroxylation is 1. The van der Waals surface area contributed by atoms with Gasteiger partial charge in [0, 0.05) is 22.6 Å². The standard InChI is InChI=1S/C11H14IN2O/c1-8-2-4-14(5-3-8)11(15)10-6-9(12)7-13-10/h2-5,9-10,13H,6-7H2,1H3/q+1/t9-,10-/m0/s1. The molecule has 0 bridgehead atoms. The number of pyridine rings is 1. The Kier molecular flexibility index (Phi) is 3.35. The van der Waals surface area contributed by atoms with Crippen molar-refractivity contribution in [2.24, 2.45) is 0 Å². The molecular formula is C11H14IN2O+. The van der Waals surface area contributed by atoms with Crippen LogP contribution in [0.15, 0.2) is 24.5 Å². The second-order valence-corrected chi connectivity index (χ2v) is 5.68. The molecule has 0 unspecified atom stereocenters. The highest BCUT2D eigenvalue weighted by atomic mass is 127. The van der Waals surface area contributed by atoms with E-state index in [4.69, 9.17) is 0 Å². The molecule has 1 aromatic heterocycles. The third kappa shape index (κ3) is 2.55. The summed E-state index contributed by atoms with van der Waals surface area (Å²) in [5.41, 5.74) is 1.17. The van der Waals surface area contributed by atoms with Gasteiger partial charge in [0.15, 0.2) is 12.4 Å². The maximum atomic E-state index is 12.0. The molecule has 0 spiro atoms. The molecule has 4 heteroatoms. The Morgan fingerprint density at radius 3 is 2.73 bits per heavy atom. The van der Waals surface area contributed by atoms with E-state index in [1.165, 1.54) is 5.56 Å². The average Bonchev–Trinajstić information content (AvgIpc) is 2.65. The lowest BCUT2D eigenvalue weighted by molar-refractivity contribution is -0.575. The van der Waals surface area contributed by atoms with E-state index in [1.807, 2.05) is 31.5 Å². The van der Waals surface area contributed by atoms with Gasteiger partial charge in [-0.15, -0.1) is 4.57 Å². The molecule has 1 aromatic rings. The van der Waals surface area contributed by atoms with Gasteiger partial charge in [-0.05, 0) is 18.9 Å². The van der Waals surface area contributed by atoms with E-state index in [9.17, 15) is 4.79 Å². The lowest BCUT2D eigenvalue weighted by Gasteiger charge is -2.02. The quantitative estimate of drug-likeness (QED) is 0.478. The van der Waals surface area contributed by atoms with Gasteiger partial charge in [-0.3, -0.25) is 0 Å². The monoisotopic (exact) mass is 317 g/mol. The first-order valence-corrected chi connectivity index (χ1v) is 6.31. The molecule has 2 atom stereocenters. The SMILES string of the molecule is Cc1cc[n+](C(=O)[C@@H]2C[C@H](I)CN2)cc1. The highest BCUT2D eigenvalue weighted by molar-refractivity contribution is 14.1. The molecule has 0 amide bonds. The maximum absolute atomic E-state index is 12.0. The highest BCUT2D eigenvalue weighted by Crippen LogP contribution is 2.14. The van der Waals surface area contributed by atoms with E-state index in [0.29, 0.717) is 3.92 Å². The van der Waals surface area contributed by atoms with Crippen molar-refractivity contribution < 1.29 is 9.36 Å². The van der Waals surface area contributed by atoms with Gasteiger partial charge in [-0.25, -0.2) is 4.79 Å². The molecule has 1 saturated heterocycles. The van der Waals surface area contributed by atoms with Crippen LogP contribution >= 0.6 is 22.6 Å². The summed E-state index contributed by atoms with van der Waals surface area (Å²) in [4.78, 5) is 12.0. The van der Waals surface area contributed by atoms with E-state index in [2.05, 4.69) is 27.9 Å². The third-order valence-electron chi connectivity index (χ3n) is 2.63. The Bertz CT molecular complexity index is 363. The van der Waals surface area contributed by atoms with Crippen molar-refractivity contribution in [1.82, 2.24) is 5.32 Å². The van der Waals surface area contributed by atoms with Gasteiger partial charge in [0.1, 0.15) is 6.04 Å². The van der Waals surface area contributed by atoms with Crippen molar-refractivity contribution in [3.05, 3.63) is 30.1 Å². The van der Waals surface area contributed by atoms with Gasteiger partial charge in [0.05, 0.1) is 0 Å². The normalized spacial score (nSPS) is 25.5. The maximum Gasteiger partial charge on any atom is 0.409 e. The van der Waals surface area contributed by atoms with Crippen LogP contribution in [0.2, 0.25) is 0 Å². The summed E-state index contributed by atoms with van der Waals surface area (Å²) < 4.78 is 2.24. The Morgan fingerprint density at radius 1 is 1.53 bits per heavy atom. The number of rotatable bonds is 1. The Hall–Kier alpha value is -0.490. The van der Waals surface area contributed by atoms with Crippen molar-refractivity contribution in [2.75, 3.05) is 6.54 Å². The number of halogens is 1. The zero-order chi connectivity index (χ0) is 10.8. The largest absolute Gasteiger partial charge is 0.409 e. The molecule has 0 aliphatic carbocycles. The summed E-state index contributed by atoms with van der Waals surface area (Å²) in [5, 5.41) is 3.24. The van der Waals surface area contributed by atoms with Crippen LogP contribution in [-0.4, -0.2) is 22.4 Å². The Morgan fingerprint density at radius 2 is 2.20 bits per heavy atom. The van der Waals surface area contributed by atoms with E-state index in [1.54, 1.807) is 4.57 Å². The zero-order valence-corrected chi connectivity index (χ0v) is 10.8. The van der Waals surface area contributed by atoms with Crippen molar-refractivity contribution >= 4 is 28.5 Å². The molecule has 80 valence electrons. The summed E-state index contributed by atoms with van der Waals surface area (Å²) >= 11 is 2.38. The summed E-state index contributed by atoms with van der Waals surface area (Å²) in [7, 11) is 0. The van der Waals surface area contributed by atoms with Crippen molar-refractivity contribution in [3.63, 3.8) is 0 Å². The fraction of sp³-hybridized carbons (Fsp3) is 0.455. The van der Waals surface area contributed by atoms with Crippen molar-refractivity contribution in [1.29, 1.82) is 0 Å². The molecule has 3 nitrogen and oxygen atoms in total. The minimum Gasteiger partial charge on any atom is -0.301 e. The van der Waals surface area contributed by atoms with Crippen LogP contribution in [0.1, 0.15) is 16.8 Å². The summed E-state index contributed by atoms with van der Waals surface area (Å²) in [6.07, 6.45) is 4.60. The van der Waals surface area contributed by atoms with Gasteiger partial charge in [-0.2, -0.15) is 0 Å². The number of hydrogen-bond donors (Lipinski definition) is 1. The molecule has 0 aromatic carbocycles. The molecule has 1 aliphatic heterocycles. The van der Waals surface area contributed by atoms with Crippen LogP contribution in [0.3, 0.4) is 0 Å². The minimum atomic E-state index is -0.0143. The fourth-order valence-corrected chi connectivity index (χ4v) is 2.47. The van der Waals surface area contributed by atoms with Gasteiger partial charge >= 0.3 is 5.91 Å². The highest BCUT2D eigenvalue weighted by Gasteiger charge is 2.33. The van der Waals surface area contributed by atoms with Crippen LogP contribution in [0.25, 0.3) is 0 Å². The first-order valence-electron chi connectivity index (χ1n) is 5.06. The summed E-state index contributed by atoms with van der Waals surface area (Å²) in [6.45, 7) is 2.95. The number of hydrogen-bond acceptors (Lipinski definition) is 2. The molecule has 0 radical (unpaired) electrons. The van der Waals surface area contributed by atoms with Gasteiger partial charge in [-0.1, -0.05) is 22.6 Å². The van der Waals surface area contributed by atoms with E-state index in [-0.39, 0.29) is 11.9 Å². The number of alkyl halides is 1. The van der Waals surface area contributed by atoms with Crippen LogP contribution in [0.5, 0.6) is 0 Å². The van der Waals surface area contributed by atoms with E-state index < -0.39 is 0 Å². The molecule has 2 rings (SSSR count). The molecule has 15 heavy (non-hydrogen) atoms. The topological polar surface area (TPSA) is 33.0 Å². The first kappa shape index (κ1) is 11.0. The predicted molar refractivity (Wildman–Crippen MR) is 66.2 cm³/mol. The van der Waals surface area contributed by atoms with Crippen LogP contribution < -0.4 is 9.88 Å². The second kappa shape index (κ2) is 4.57. The number of aromatic nitrogens is 1. The summed E-state index contributed by atoms with van der Waals surface area (Å²) in [5.74, 6) is 0.147. The number of nitrogens with one attached hydrogen (secondary N) is 1. The average molecular weight is 317 g/mol. The van der Waals surface area contributed by atoms with Gasteiger partial charge in [0.2, 0.25) is 0 Å². The van der Waals surface area contributed by atoms with Crippen molar-refractivity contribution in [2.45, 2.75) is 23.3 Å². The number of carbonyl (C=O) groups is 1. The third-order valence-corrected chi connectivity index (χ3v) is 3.57. The minimum absolute atomic E-state index is 0.0143. The molecule has 1 aliphatic rings. The Labute approximate surface area is 103 Å². The van der Waals surface area contributed by atoms with Crippen molar-refractivity contribution in [3.8, 4) is 0 Å². The predicted octanol–water partition coefficient (Wildman–Crippen LogP) is 1.09. The molecule has 2 heterocycles. The van der Waals surface area contributed by atoms with Gasteiger partial charge in [0.25, 0.3) is 0 Å². The second-order valence-electron chi connectivity index (χ2n) is 3.91. The first-order chi connectivity index (χ1) is 7.16. The van der Waals surface area contributed by atoms with Crippen LogP contribution in [0.4, 0.5) is 0 Å². The number of nitrogens with zero attached hydrogens (tertiary/aromatic N) is 1. The molecule has 1 N–H and O–H groups in total. The lowest BCUT2D eigenvalue weighted by Crippen LogP contribution is -2.51. The van der Waals surface area contributed by atoms with Gasteiger partial charge < -0.3 is 5.32 Å². The molecule has 0 saturated carbocycles. The molecule has 1 fully saturated rings. The number of carbonyl (C=O) groups excluding carboxylic acids is 1. The fourth-order valence-electron chi connectivity index (χ4n) is 1.71. The Balaban J connectivity index is 2.11. The molecular weight excluding hydrogens is 303 g/mol. The smallest absolute Gasteiger partial charge is 0.301 e. The van der Waals surface area contributed by atoms with Crippen LogP contribution in [0, 0.1) is 6.92 Å². The van der Waals surface area contributed by atoms with E-state index >= 15 is 0 Å².